The summed E-state index contributed by atoms with van der Waals surface area (Å²) in [4.78, 5) is 19.4. The topological polar surface area (TPSA) is 109 Å². The number of nitrogens with zero attached hydrogens (tertiary/aromatic N) is 5. The van der Waals surface area contributed by atoms with Gasteiger partial charge in [-0.2, -0.15) is 13.8 Å². The van der Waals surface area contributed by atoms with Crippen LogP contribution in [-0.4, -0.2) is 66.1 Å². The van der Waals surface area contributed by atoms with Gasteiger partial charge in [-0.05, 0) is 19.8 Å². The molecule has 3 fully saturated rings. The highest BCUT2D eigenvalue weighted by atomic mass is 32.1. The van der Waals surface area contributed by atoms with E-state index in [1.807, 2.05) is 6.92 Å². The van der Waals surface area contributed by atoms with E-state index in [1.165, 1.54) is 0 Å². The zero-order valence-electron chi connectivity index (χ0n) is 16.1. The van der Waals surface area contributed by atoms with Crippen molar-refractivity contribution in [1.82, 2.24) is 34.1 Å². The van der Waals surface area contributed by atoms with E-state index in [-0.39, 0.29) is 17.6 Å². The number of carbonyl (C=O) groups is 1. The molecule has 3 aliphatic rings. The number of aromatic amines is 1. The Labute approximate surface area is 167 Å². The predicted octanol–water partition coefficient (Wildman–Crippen LogP) is 0.936. The Hall–Kier alpha value is -1.91. The minimum atomic E-state index is -0.133. The van der Waals surface area contributed by atoms with E-state index in [0.29, 0.717) is 29.8 Å². The Morgan fingerprint density at radius 1 is 1.46 bits per heavy atom. The van der Waals surface area contributed by atoms with Gasteiger partial charge in [0, 0.05) is 37.9 Å². The number of aromatic nitrogens is 5. The van der Waals surface area contributed by atoms with Crippen LogP contribution in [0.4, 0.5) is 0 Å². The van der Waals surface area contributed by atoms with Gasteiger partial charge >= 0.3 is 0 Å². The Bertz CT molecular complexity index is 883. The van der Waals surface area contributed by atoms with Crippen molar-refractivity contribution in [2.75, 3.05) is 19.6 Å². The van der Waals surface area contributed by atoms with Crippen LogP contribution in [0.15, 0.2) is 0 Å². The first kappa shape index (κ1) is 18.1. The average molecular weight is 404 g/mol. The fourth-order valence-electron chi connectivity index (χ4n) is 5.19. The van der Waals surface area contributed by atoms with Crippen LogP contribution in [0.2, 0.25) is 0 Å². The first-order valence-electron chi connectivity index (χ1n) is 9.95. The molecule has 2 aromatic rings. The summed E-state index contributed by atoms with van der Waals surface area (Å²) in [5.41, 5.74) is 1.06. The van der Waals surface area contributed by atoms with E-state index in [0.717, 1.165) is 62.3 Å². The lowest BCUT2D eigenvalue weighted by molar-refractivity contribution is 0.00194. The number of nitrogens with one attached hydrogen (secondary N) is 2. The van der Waals surface area contributed by atoms with Crippen molar-refractivity contribution in [3.05, 3.63) is 23.0 Å². The fourth-order valence-corrected chi connectivity index (χ4v) is 5.73. The molecular formula is C18H25N7O2S. The molecule has 0 saturated carbocycles. The number of hydrogen-bond donors (Lipinski definition) is 2. The second-order valence-electron chi connectivity index (χ2n) is 8.16. The van der Waals surface area contributed by atoms with E-state index < -0.39 is 0 Å². The molecule has 2 bridgehead atoms. The van der Waals surface area contributed by atoms with Crippen LogP contribution in [0.5, 0.6) is 0 Å². The lowest BCUT2D eigenvalue weighted by Crippen LogP contribution is -2.42. The maximum atomic E-state index is 12.4. The zero-order valence-corrected chi connectivity index (χ0v) is 17.0. The van der Waals surface area contributed by atoms with Crippen LogP contribution in [-0.2, 0) is 17.7 Å². The van der Waals surface area contributed by atoms with Gasteiger partial charge in [0.1, 0.15) is 11.6 Å². The highest BCUT2D eigenvalue weighted by molar-refractivity contribution is 6.99. The van der Waals surface area contributed by atoms with Gasteiger partial charge in [0.05, 0.1) is 35.7 Å². The third-order valence-corrected chi connectivity index (χ3v) is 7.11. The third-order valence-electron chi connectivity index (χ3n) is 6.49. The van der Waals surface area contributed by atoms with Crippen molar-refractivity contribution in [3.63, 3.8) is 0 Å². The van der Waals surface area contributed by atoms with Crippen LogP contribution in [0.1, 0.15) is 47.6 Å². The van der Waals surface area contributed by atoms with Crippen LogP contribution in [0.3, 0.4) is 0 Å². The summed E-state index contributed by atoms with van der Waals surface area (Å²) >= 11 is 1.08. The van der Waals surface area contributed by atoms with Crippen molar-refractivity contribution >= 4 is 17.6 Å². The predicted molar refractivity (Wildman–Crippen MR) is 102 cm³/mol. The second-order valence-corrected chi connectivity index (χ2v) is 8.69. The molecule has 2 N–H and O–H groups in total. The molecule has 9 nitrogen and oxygen atoms in total. The number of hydrogen-bond acceptors (Lipinski definition) is 8. The standard InChI is InChI=1S/C18H25N7O2S/c1-3-14-20-15(22-21-14)8-25-7-12-11(13-4-5-18(12,9-25)27-13)6-19-17(26)16-10(2)23-28-24-16/h11-13H,3-9H2,1-2H3,(H,19,26)(H,20,21,22)/t11-,12+,13+,18+/m0/s1. The van der Waals surface area contributed by atoms with E-state index in [4.69, 9.17) is 4.74 Å². The Balaban J connectivity index is 1.24. The van der Waals surface area contributed by atoms with Gasteiger partial charge in [-0.15, -0.1) is 0 Å². The maximum absolute atomic E-state index is 12.4. The summed E-state index contributed by atoms with van der Waals surface area (Å²) in [5, 5.41) is 10.4. The molecule has 5 rings (SSSR count). The van der Waals surface area contributed by atoms with Gasteiger partial charge in [-0.3, -0.25) is 14.8 Å². The molecule has 0 aromatic carbocycles. The van der Waals surface area contributed by atoms with Gasteiger partial charge < -0.3 is 10.1 Å². The molecule has 10 heteroatoms. The highest BCUT2D eigenvalue weighted by Gasteiger charge is 2.62. The Kier molecular flexibility index (Phi) is 4.44. The molecule has 3 aliphatic heterocycles. The van der Waals surface area contributed by atoms with Gasteiger partial charge in [0.25, 0.3) is 5.91 Å². The van der Waals surface area contributed by atoms with Gasteiger partial charge in [0.15, 0.2) is 5.69 Å². The SMILES string of the molecule is CCc1n[nH]c(CN2C[C@@H]3[C@H](CNC(=O)c4nsnc4C)[C@H]4CC[C@]3(C2)O4)n1. The van der Waals surface area contributed by atoms with Crippen molar-refractivity contribution in [2.24, 2.45) is 11.8 Å². The van der Waals surface area contributed by atoms with Gasteiger partial charge in [-0.1, -0.05) is 6.92 Å². The summed E-state index contributed by atoms with van der Waals surface area (Å²) in [6, 6.07) is 0. The quantitative estimate of drug-likeness (QED) is 0.739. The molecule has 4 atom stereocenters. The van der Waals surface area contributed by atoms with Gasteiger partial charge in [-0.25, -0.2) is 4.98 Å². The second kappa shape index (κ2) is 6.85. The molecule has 0 unspecified atom stereocenters. The van der Waals surface area contributed by atoms with E-state index >= 15 is 0 Å². The summed E-state index contributed by atoms with van der Waals surface area (Å²) in [6.07, 6.45) is 3.27. The summed E-state index contributed by atoms with van der Waals surface area (Å²) in [6.45, 7) is 7.16. The van der Waals surface area contributed by atoms with Crippen LogP contribution in [0.25, 0.3) is 0 Å². The molecule has 150 valence electrons. The van der Waals surface area contributed by atoms with E-state index in [2.05, 4.69) is 41.1 Å². The monoisotopic (exact) mass is 403 g/mol. The number of amides is 1. The summed E-state index contributed by atoms with van der Waals surface area (Å²) < 4.78 is 14.7. The van der Waals surface area contributed by atoms with E-state index in [1.54, 1.807) is 0 Å². The summed E-state index contributed by atoms with van der Waals surface area (Å²) in [5.74, 6) is 2.42. The van der Waals surface area contributed by atoms with Crippen LogP contribution < -0.4 is 5.32 Å². The minimum Gasteiger partial charge on any atom is -0.370 e. The van der Waals surface area contributed by atoms with E-state index in [9.17, 15) is 4.79 Å². The molecule has 3 saturated heterocycles. The minimum absolute atomic E-state index is 0.0637. The van der Waals surface area contributed by atoms with Crippen LogP contribution in [0, 0.1) is 18.8 Å². The molecular weight excluding hydrogens is 378 g/mol. The third kappa shape index (κ3) is 2.94. The molecule has 1 amide bonds. The number of rotatable bonds is 6. The smallest absolute Gasteiger partial charge is 0.272 e. The molecule has 2 aromatic heterocycles. The summed E-state index contributed by atoms with van der Waals surface area (Å²) in [7, 11) is 0. The number of H-pyrrole nitrogens is 1. The molecule has 5 heterocycles. The van der Waals surface area contributed by atoms with Crippen molar-refractivity contribution in [2.45, 2.75) is 51.4 Å². The number of aryl methyl sites for hydroxylation is 2. The molecule has 0 aliphatic carbocycles. The van der Waals surface area contributed by atoms with Crippen molar-refractivity contribution < 1.29 is 9.53 Å². The number of likely N-dealkylation sites (tertiary alicyclic amines) is 1. The van der Waals surface area contributed by atoms with Crippen molar-refractivity contribution in [3.8, 4) is 0 Å². The maximum Gasteiger partial charge on any atom is 0.272 e. The number of ether oxygens (including phenoxy) is 1. The lowest BCUT2D eigenvalue weighted by Gasteiger charge is -2.29. The highest BCUT2D eigenvalue weighted by Crippen LogP contribution is 2.54. The Morgan fingerprint density at radius 2 is 2.36 bits per heavy atom. The lowest BCUT2D eigenvalue weighted by atomic mass is 9.73. The van der Waals surface area contributed by atoms with Crippen molar-refractivity contribution in [1.29, 1.82) is 0 Å². The molecule has 0 radical (unpaired) electrons. The molecule has 28 heavy (non-hydrogen) atoms. The fraction of sp³-hybridized carbons (Fsp3) is 0.722. The zero-order chi connectivity index (χ0) is 19.3. The average Bonchev–Trinajstić information content (AvgIpc) is 3.46. The van der Waals surface area contributed by atoms with Gasteiger partial charge in [0.2, 0.25) is 0 Å². The largest absolute Gasteiger partial charge is 0.370 e. The molecule has 1 spiro atoms. The first-order valence-corrected chi connectivity index (χ1v) is 10.7. The number of carbonyl (C=O) groups excluding carboxylic acids is 1. The Morgan fingerprint density at radius 3 is 3.11 bits per heavy atom. The number of fused-ring (bicyclic) bond motifs is 1. The first-order chi connectivity index (χ1) is 13.6. The van der Waals surface area contributed by atoms with Crippen LogP contribution >= 0.6 is 11.7 Å². The normalized spacial score (nSPS) is 31.4.